The largest absolute Gasteiger partial charge is 0.550 e. The lowest BCUT2D eigenvalue weighted by atomic mass is 9.94. The number of aliphatic hydroxyl groups is 1. The van der Waals surface area contributed by atoms with E-state index >= 15 is 0 Å². The van der Waals surface area contributed by atoms with Crippen molar-refractivity contribution in [1.29, 1.82) is 0 Å². The first-order valence-electron chi connectivity index (χ1n) is 13.2. The number of aliphatic hydroxyl groups excluding tert-OH is 1. The predicted molar refractivity (Wildman–Crippen MR) is 150 cm³/mol. The normalized spacial score (nSPS) is 15.1. The molecular weight excluding hydrogens is 432 g/mol. The van der Waals surface area contributed by atoms with Crippen LogP contribution in [0.3, 0.4) is 0 Å². The van der Waals surface area contributed by atoms with E-state index in [0.29, 0.717) is 12.8 Å². The Labute approximate surface area is 214 Å². The molecule has 0 rings (SSSR count). The van der Waals surface area contributed by atoms with E-state index < -0.39 is 18.0 Å². The number of rotatable bonds is 21. The van der Waals surface area contributed by atoms with E-state index in [2.05, 4.69) is 86.8 Å². The van der Waals surface area contributed by atoms with Gasteiger partial charge in [-0.3, -0.25) is 0 Å². The highest BCUT2D eigenvalue weighted by molar-refractivity contribution is 5.68. The Kier molecular flexibility index (Phi) is 24.0. The maximum absolute atomic E-state index is 11.4. The van der Waals surface area contributed by atoms with Gasteiger partial charge in [-0.2, -0.15) is 0 Å². The van der Waals surface area contributed by atoms with Crippen molar-refractivity contribution in [3.63, 3.8) is 0 Å². The number of hydrogen-bond acceptors (Lipinski definition) is 3. The third-order valence-corrected chi connectivity index (χ3v) is 5.22. The van der Waals surface area contributed by atoms with Crippen molar-refractivity contribution in [2.45, 2.75) is 90.6 Å². The topological polar surface area (TPSA) is 60.4 Å². The molecule has 35 heavy (non-hydrogen) atoms. The molecule has 0 saturated carbocycles. The minimum Gasteiger partial charge on any atom is -0.550 e. The third-order valence-electron chi connectivity index (χ3n) is 5.22. The number of hydrogen-bond donors (Lipinski definition) is 1. The Morgan fingerprint density at radius 2 is 0.943 bits per heavy atom. The number of carboxylic acid groups (broad SMARTS) is 1. The summed E-state index contributed by atoms with van der Waals surface area (Å²) in [7, 11) is 0. The Bertz CT molecular complexity index is 732. The molecule has 0 aliphatic carbocycles. The van der Waals surface area contributed by atoms with Gasteiger partial charge in [-0.1, -0.05) is 111 Å². The summed E-state index contributed by atoms with van der Waals surface area (Å²) in [6.07, 6.45) is 41.5. The second-order valence-corrected chi connectivity index (χ2v) is 8.31. The van der Waals surface area contributed by atoms with Gasteiger partial charge in [0.05, 0.1) is 6.10 Å². The van der Waals surface area contributed by atoms with Crippen molar-refractivity contribution in [2.75, 3.05) is 0 Å². The van der Waals surface area contributed by atoms with Crippen LogP contribution in [0.1, 0.15) is 84.5 Å². The monoisotopic (exact) mass is 479 g/mol. The molecule has 0 aromatic rings. The Hall–Kier alpha value is -2.65. The van der Waals surface area contributed by atoms with Crippen LogP contribution in [0.2, 0.25) is 0 Å². The van der Waals surface area contributed by atoms with Gasteiger partial charge in [0.1, 0.15) is 0 Å². The highest BCUT2D eigenvalue weighted by Crippen LogP contribution is 2.15. The van der Waals surface area contributed by atoms with Gasteiger partial charge >= 0.3 is 0 Å². The Morgan fingerprint density at radius 1 is 0.600 bits per heavy atom. The molecule has 0 aliphatic heterocycles. The van der Waals surface area contributed by atoms with Crippen molar-refractivity contribution in [2.24, 2.45) is 5.92 Å². The fourth-order valence-corrected chi connectivity index (χ4v) is 3.20. The first-order valence-corrected chi connectivity index (χ1v) is 13.2. The molecule has 2 atom stereocenters. The van der Waals surface area contributed by atoms with Gasteiger partial charge in [0.25, 0.3) is 0 Å². The second-order valence-electron chi connectivity index (χ2n) is 8.31. The molecule has 0 aromatic heterocycles. The van der Waals surface area contributed by atoms with Crippen LogP contribution in [0.25, 0.3) is 0 Å². The van der Waals surface area contributed by atoms with Crippen LogP contribution >= 0.6 is 0 Å². The lowest BCUT2D eigenvalue weighted by molar-refractivity contribution is -0.314. The predicted octanol–water partition coefficient (Wildman–Crippen LogP) is 7.49. The van der Waals surface area contributed by atoms with Crippen LogP contribution < -0.4 is 5.11 Å². The summed E-state index contributed by atoms with van der Waals surface area (Å²) in [4.78, 5) is 11.4. The molecule has 0 amide bonds. The van der Waals surface area contributed by atoms with Gasteiger partial charge in [0.15, 0.2) is 0 Å². The smallest absolute Gasteiger partial charge is 0.0626 e. The van der Waals surface area contributed by atoms with Crippen LogP contribution in [0.5, 0.6) is 0 Å². The summed E-state index contributed by atoms with van der Waals surface area (Å²) >= 11 is 0. The fraction of sp³-hybridized carbons (Fsp3) is 0.469. The van der Waals surface area contributed by atoms with Crippen molar-refractivity contribution < 1.29 is 15.0 Å². The van der Waals surface area contributed by atoms with Crippen molar-refractivity contribution >= 4 is 5.97 Å². The van der Waals surface area contributed by atoms with Crippen LogP contribution in [0, 0.1) is 5.92 Å². The Balaban J connectivity index is 4.07. The van der Waals surface area contributed by atoms with E-state index in [9.17, 15) is 15.0 Å². The van der Waals surface area contributed by atoms with E-state index in [-0.39, 0.29) is 6.42 Å². The standard InChI is InChI=1S/C32H48O3/c1-3-5-7-9-11-13-15-17-19-21-23-25-27-29-31(33)30(32(34)35)28-26-24-22-20-18-16-14-12-10-8-6-4-2/h5-8,11-14,17-20,23-26,30-31,33H,3-4,9-10,15-16,21-22,27-29H2,1-2H3,(H,34,35)/p-1/b7-5-,8-6-,13-11-,14-12-,19-17-,20-18-,25-23-,26-24-/t30-,31+/m1/s1. The Morgan fingerprint density at radius 3 is 1.31 bits per heavy atom. The molecule has 0 aliphatic rings. The highest BCUT2D eigenvalue weighted by Gasteiger charge is 2.18. The first-order chi connectivity index (χ1) is 17.1. The molecule has 1 N–H and O–H groups in total. The number of allylic oxidation sites excluding steroid dienone is 16. The molecular formula is C32H47O3-. The maximum Gasteiger partial charge on any atom is 0.0626 e. The van der Waals surface area contributed by atoms with Crippen LogP contribution in [0.4, 0.5) is 0 Å². The molecule has 0 saturated heterocycles. The van der Waals surface area contributed by atoms with E-state index in [1.54, 1.807) is 0 Å². The van der Waals surface area contributed by atoms with E-state index in [1.165, 1.54) is 0 Å². The number of carbonyl (C=O) groups is 1. The van der Waals surface area contributed by atoms with Gasteiger partial charge in [-0.15, -0.1) is 0 Å². The SMILES string of the molecule is CC/C=C\C/C=C\C/C=C\C/C=C\CC[C@H](O)[C@@H](C/C=C\C/C=C\C/C=C\C/C=C\CC)C(=O)[O-]. The zero-order valence-electron chi connectivity index (χ0n) is 21.9. The number of carboxylic acids is 1. The number of carbonyl (C=O) groups excluding carboxylic acids is 1. The van der Waals surface area contributed by atoms with Crippen LogP contribution in [-0.2, 0) is 4.79 Å². The van der Waals surface area contributed by atoms with E-state index in [0.717, 1.165) is 51.4 Å². The fourth-order valence-electron chi connectivity index (χ4n) is 3.20. The van der Waals surface area contributed by atoms with Crippen molar-refractivity contribution in [3.8, 4) is 0 Å². The summed E-state index contributed by atoms with van der Waals surface area (Å²) < 4.78 is 0. The third kappa shape index (κ3) is 22.9. The molecule has 194 valence electrons. The van der Waals surface area contributed by atoms with Crippen molar-refractivity contribution in [3.05, 3.63) is 97.2 Å². The van der Waals surface area contributed by atoms with E-state index in [1.807, 2.05) is 24.3 Å². The molecule has 0 unspecified atom stereocenters. The summed E-state index contributed by atoms with van der Waals surface area (Å²) in [6.45, 7) is 4.26. The zero-order chi connectivity index (χ0) is 25.8. The first kappa shape index (κ1) is 32.4. The lowest BCUT2D eigenvalue weighted by Crippen LogP contribution is -2.38. The number of aliphatic carboxylic acids is 1. The second kappa shape index (κ2) is 26.0. The van der Waals surface area contributed by atoms with Gasteiger partial charge in [0.2, 0.25) is 0 Å². The quantitative estimate of drug-likeness (QED) is 0.173. The molecule has 3 heteroatoms. The summed E-state index contributed by atoms with van der Waals surface area (Å²) in [5.74, 6) is -2.06. The van der Waals surface area contributed by atoms with Gasteiger partial charge < -0.3 is 15.0 Å². The molecule has 0 heterocycles. The van der Waals surface area contributed by atoms with Gasteiger partial charge in [-0.25, -0.2) is 0 Å². The highest BCUT2D eigenvalue weighted by atomic mass is 16.4. The minimum absolute atomic E-state index is 0.287. The summed E-state index contributed by atoms with van der Waals surface area (Å²) in [5.41, 5.74) is 0. The summed E-state index contributed by atoms with van der Waals surface area (Å²) in [6, 6.07) is 0. The minimum atomic E-state index is -1.19. The zero-order valence-corrected chi connectivity index (χ0v) is 21.9. The lowest BCUT2D eigenvalue weighted by Gasteiger charge is -2.22. The van der Waals surface area contributed by atoms with E-state index in [4.69, 9.17) is 0 Å². The molecule has 0 radical (unpaired) electrons. The molecule has 0 bridgehead atoms. The van der Waals surface area contributed by atoms with Crippen LogP contribution in [0.15, 0.2) is 97.2 Å². The van der Waals surface area contributed by atoms with Crippen molar-refractivity contribution in [1.82, 2.24) is 0 Å². The van der Waals surface area contributed by atoms with Gasteiger partial charge in [-0.05, 0) is 70.6 Å². The summed E-state index contributed by atoms with van der Waals surface area (Å²) in [5, 5.41) is 21.7. The molecule has 0 fully saturated rings. The average molecular weight is 480 g/mol. The van der Waals surface area contributed by atoms with Gasteiger partial charge in [0, 0.05) is 11.9 Å². The maximum atomic E-state index is 11.4. The average Bonchev–Trinajstić information content (AvgIpc) is 2.84. The molecule has 0 spiro atoms. The molecule has 0 aromatic carbocycles. The molecule has 3 nitrogen and oxygen atoms in total. The van der Waals surface area contributed by atoms with Crippen LogP contribution in [-0.4, -0.2) is 17.2 Å².